The number of amides is 1. The number of benzene rings is 1. The molecule has 158 valence electrons. The van der Waals surface area contributed by atoms with Gasteiger partial charge in [0.2, 0.25) is 5.91 Å². The summed E-state index contributed by atoms with van der Waals surface area (Å²) in [6.07, 6.45) is -1.19. The summed E-state index contributed by atoms with van der Waals surface area (Å²) >= 11 is 0. The number of halogens is 3. The first-order valence-corrected chi connectivity index (χ1v) is 9.90. The highest BCUT2D eigenvalue weighted by molar-refractivity contribution is 5.87. The number of ether oxygens (including phenoxy) is 1. The minimum Gasteiger partial charge on any atom is -0.488 e. The van der Waals surface area contributed by atoms with E-state index in [4.69, 9.17) is 10.00 Å². The van der Waals surface area contributed by atoms with Crippen molar-refractivity contribution >= 4 is 16.8 Å². The smallest absolute Gasteiger partial charge is 0.418 e. The third-order valence-corrected chi connectivity index (χ3v) is 5.64. The van der Waals surface area contributed by atoms with E-state index >= 15 is 0 Å². The number of fused-ring (bicyclic) bond motifs is 1. The molecule has 2 atom stereocenters. The van der Waals surface area contributed by atoms with E-state index in [-0.39, 0.29) is 30.1 Å². The first kappa shape index (κ1) is 20.4. The van der Waals surface area contributed by atoms with Gasteiger partial charge < -0.3 is 9.64 Å². The third kappa shape index (κ3) is 4.05. The lowest BCUT2D eigenvalue weighted by molar-refractivity contribution is -0.136. The molecule has 1 aromatic heterocycles. The maximum Gasteiger partial charge on any atom is 0.418 e. The second kappa shape index (κ2) is 8.11. The normalized spacial score (nSPS) is 22.4. The van der Waals surface area contributed by atoms with Gasteiger partial charge in [-0.15, -0.1) is 0 Å². The van der Waals surface area contributed by atoms with Crippen molar-refractivity contribution in [3.63, 3.8) is 0 Å². The Balaban J connectivity index is 1.43. The van der Waals surface area contributed by atoms with Gasteiger partial charge in [0, 0.05) is 31.2 Å². The molecule has 2 aromatic rings. The van der Waals surface area contributed by atoms with E-state index in [0.717, 1.165) is 12.5 Å². The number of nitriles is 1. The Hall–Kier alpha value is -2.86. The number of para-hydroxylation sites is 1. The summed E-state index contributed by atoms with van der Waals surface area (Å²) in [6, 6.07) is 7.31. The van der Waals surface area contributed by atoms with Gasteiger partial charge in [-0.3, -0.25) is 14.7 Å². The molecule has 9 heteroatoms. The maximum absolute atomic E-state index is 13.3. The quantitative estimate of drug-likeness (QED) is 0.763. The lowest BCUT2D eigenvalue weighted by Gasteiger charge is -2.23. The number of rotatable bonds is 4. The van der Waals surface area contributed by atoms with Crippen molar-refractivity contribution < 1.29 is 22.7 Å². The first-order valence-electron chi connectivity index (χ1n) is 9.90. The number of carbonyl (C=O) groups excluding carboxylic acids is 1. The van der Waals surface area contributed by atoms with E-state index in [9.17, 15) is 18.0 Å². The molecule has 1 aromatic carbocycles. The fraction of sp³-hybridized carbons (Fsp3) is 0.476. The van der Waals surface area contributed by atoms with Gasteiger partial charge in [0.15, 0.2) is 0 Å². The summed E-state index contributed by atoms with van der Waals surface area (Å²) in [5.74, 6) is 0.289. The van der Waals surface area contributed by atoms with Gasteiger partial charge in [-0.1, -0.05) is 6.07 Å². The minimum absolute atomic E-state index is 0.0659. The lowest BCUT2D eigenvalue weighted by Crippen LogP contribution is -2.42. The van der Waals surface area contributed by atoms with Crippen molar-refractivity contribution in [3.8, 4) is 11.8 Å². The van der Waals surface area contributed by atoms with E-state index < -0.39 is 11.7 Å². The van der Waals surface area contributed by atoms with E-state index in [1.165, 1.54) is 12.3 Å². The summed E-state index contributed by atoms with van der Waals surface area (Å²) in [7, 11) is 0. The number of hydrogen-bond donors (Lipinski definition) is 0. The topological polar surface area (TPSA) is 69.5 Å². The van der Waals surface area contributed by atoms with Crippen molar-refractivity contribution in [1.29, 1.82) is 5.26 Å². The summed E-state index contributed by atoms with van der Waals surface area (Å²) in [5, 5.41) is 9.47. The van der Waals surface area contributed by atoms with E-state index in [1.807, 2.05) is 4.90 Å². The zero-order valence-corrected chi connectivity index (χ0v) is 16.2. The van der Waals surface area contributed by atoms with Crippen LogP contribution in [0.25, 0.3) is 10.9 Å². The third-order valence-electron chi connectivity index (χ3n) is 5.64. The zero-order valence-electron chi connectivity index (χ0n) is 16.2. The van der Waals surface area contributed by atoms with Crippen molar-refractivity contribution in [3.05, 3.63) is 36.0 Å². The van der Waals surface area contributed by atoms with Crippen LogP contribution in [0.5, 0.6) is 5.75 Å². The van der Waals surface area contributed by atoms with Crippen LogP contribution in [0, 0.1) is 11.3 Å². The largest absolute Gasteiger partial charge is 0.488 e. The fourth-order valence-electron chi connectivity index (χ4n) is 4.18. The van der Waals surface area contributed by atoms with Crippen LogP contribution in [0.3, 0.4) is 0 Å². The Labute approximate surface area is 171 Å². The van der Waals surface area contributed by atoms with Gasteiger partial charge in [0.05, 0.1) is 23.7 Å². The number of aromatic nitrogens is 1. The Bertz CT molecular complexity index is 988. The zero-order chi connectivity index (χ0) is 21.3. The number of likely N-dealkylation sites (tertiary alicyclic amines) is 2. The Morgan fingerprint density at radius 2 is 2.10 bits per heavy atom. The van der Waals surface area contributed by atoms with E-state index in [1.54, 1.807) is 17.0 Å². The number of pyridine rings is 1. The summed E-state index contributed by atoms with van der Waals surface area (Å²) in [5.41, 5.74) is -0.925. The molecule has 2 unspecified atom stereocenters. The molecule has 0 bridgehead atoms. The molecular weight excluding hydrogens is 397 g/mol. The van der Waals surface area contributed by atoms with Gasteiger partial charge in [-0.05, 0) is 37.5 Å². The molecule has 30 heavy (non-hydrogen) atoms. The molecule has 2 fully saturated rings. The highest BCUT2D eigenvalue weighted by atomic mass is 19.4. The monoisotopic (exact) mass is 418 g/mol. The standard InChI is InChI=1S/C21H21F3N4O2/c22-21(23,24)17-5-1-4-16-18(6-8-26-20(16)17)30-15-7-10-27(12-15)13-19(29)28-9-2-3-14(28)11-25/h1,4-6,8,14-15H,2-3,7,9-10,12-13H2. The molecule has 0 radical (unpaired) electrons. The van der Waals surface area contributed by atoms with Gasteiger partial charge in [0.1, 0.15) is 17.9 Å². The summed E-state index contributed by atoms with van der Waals surface area (Å²) in [4.78, 5) is 20.0. The van der Waals surface area contributed by atoms with Crippen LogP contribution in [-0.2, 0) is 11.0 Å². The van der Waals surface area contributed by atoms with Crippen molar-refractivity contribution in [1.82, 2.24) is 14.8 Å². The van der Waals surface area contributed by atoms with Crippen LogP contribution in [-0.4, -0.2) is 59.0 Å². The predicted molar refractivity (Wildman–Crippen MR) is 103 cm³/mol. The molecule has 0 spiro atoms. The van der Waals surface area contributed by atoms with Gasteiger partial charge in [0.25, 0.3) is 0 Å². The Kier molecular flexibility index (Phi) is 5.52. The molecule has 2 aliphatic heterocycles. The summed E-state index contributed by atoms with van der Waals surface area (Å²) in [6.45, 7) is 1.97. The van der Waals surface area contributed by atoms with E-state index in [2.05, 4.69) is 11.1 Å². The molecule has 6 nitrogen and oxygen atoms in total. The molecule has 1 amide bonds. The lowest BCUT2D eigenvalue weighted by atomic mass is 10.1. The van der Waals surface area contributed by atoms with Gasteiger partial charge in [-0.2, -0.15) is 18.4 Å². The van der Waals surface area contributed by atoms with Crippen LogP contribution in [0.1, 0.15) is 24.8 Å². The van der Waals surface area contributed by atoms with Crippen molar-refractivity contribution in [2.45, 2.75) is 37.6 Å². The fourth-order valence-corrected chi connectivity index (χ4v) is 4.18. The van der Waals surface area contributed by atoms with Gasteiger partial charge in [-0.25, -0.2) is 0 Å². The molecule has 2 aliphatic rings. The highest BCUT2D eigenvalue weighted by Gasteiger charge is 2.34. The van der Waals surface area contributed by atoms with Crippen molar-refractivity contribution in [2.24, 2.45) is 0 Å². The van der Waals surface area contributed by atoms with Crippen LogP contribution < -0.4 is 4.74 Å². The molecular formula is C21H21F3N4O2. The number of nitrogens with zero attached hydrogens (tertiary/aromatic N) is 4. The van der Waals surface area contributed by atoms with Crippen LogP contribution in [0.2, 0.25) is 0 Å². The number of carbonyl (C=O) groups is 1. The average molecular weight is 418 g/mol. The van der Waals surface area contributed by atoms with Gasteiger partial charge >= 0.3 is 6.18 Å². The molecule has 0 N–H and O–H groups in total. The molecule has 0 saturated carbocycles. The minimum atomic E-state index is -4.49. The SMILES string of the molecule is N#CC1CCCN1C(=O)CN1CCC(Oc2ccnc3c(C(F)(F)F)cccc23)C1. The Morgan fingerprint density at radius 3 is 2.87 bits per heavy atom. The van der Waals surface area contributed by atoms with Crippen LogP contribution in [0.4, 0.5) is 13.2 Å². The predicted octanol–water partition coefficient (Wildman–Crippen LogP) is 3.22. The summed E-state index contributed by atoms with van der Waals surface area (Å²) < 4.78 is 45.8. The second-order valence-corrected chi connectivity index (χ2v) is 7.65. The molecule has 3 heterocycles. The molecule has 4 rings (SSSR count). The molecule has 2 saturated heterocycles. The maximum atomic E-state index is 13.3. The Morgan fingerprint density at radius 1 is 1.27 bits per heavy atom. The molecule has 0 aliphatic carbocycles. The van der Waals surface area contributed by atoms with Crippen LogP contribution in [0.15, 0.2) is 30.5 Å². The number of hydrogen-bond acceptors (Lipinski definition) is 5. The first-order chi connectivity index (χ1) is 14.4. The highest BCUT2D eigenvalue weighted by Crippen LogP contribution is 2.36. The number of alkyl halides is 3. The van der Waals surface area contributed by atoms with E-state index in [0.29, 0.717) is 43.6 Å². The van der Waals surface area contributed by atoms with Crippen LogP contribution >= 0.6 is 0 Å². The second-order valence-electron chi connectivity index (χ2n) is 7.65. The average Bonchev–Trinajstić information content (AvgIpc) is 3.36. The van der Waals surface area contributed by atoms with Crippen molar-refractivity contribution in [2.75, 3.05) is 26.2 Å².